The van der Waals surface area contributed by atoms with Crippen molar-refractivity contribution >= 4 is 0 Å². The number of hydrogen-bond donors (Lipinski definition) is 0. The van der Waals surface area contributed by atoms with E-state index in [1.54, 1.807) is 0 Å². The molecule has 0 aromatic rings. The van der Waals surface area contributed by atoms with Crippen molar-refractivity contribution in [3.05, 3.63) is 22.8 Å². The van der Waals surface area contributed by atoms with Crippen LogP contribution in [0.1, 0.15) is 47.5 Å². The number of hydrogen-bond acceptors (Lipinski definition) is 0. The van der Waals surface area contributed by atoms with E-state index in [-0.39, 0.29) is 0 Å². The van der Waals surface area contributed by atoms with Gasteiger partial charge in [-0.15, -0.1) is 0 Å². The molecule has 0 saturated heterocycles. The molecule has 0 saturated carbocycles. The Morgan fingerprint density at radius 3 is 2.00 bits per heavy atom. The molecule has 0 nitrogen and oxygen atoms in total. The molecule has 0 unspecified atom stereocenters. The first kappa shape index (κ1) is 10.5. The molecule has 0 N–H and O–H groups in total. The Morgan fingerprint density at radius 2 is 1.64 bits per heavy atom. The molecule has 0 heteroatoms. The van der Waals surface area contributed by atoms with Gasteiger partial charge < -0.3 is 0 Å². The first-order valence-electron chi connectivity index (χ1n) is 4.40. The molecule has 0 bridgehead atoms. The first-order chi connectivity index (χ1) is 5.09. The summed E-state index contributed by atoms with van der Waals surface area (Å²) in [5.41, 5.74) is 4.31. The van der Waals surface area contributed by atoms with Crippen LogP contribution in [0.2, 0.25) is 0 Å². The van der Waals surface area contributed by atoms with Crippen LogP contribution < -0.4 is 0 Å². The van der Waals surface area contributed by atoms with Gasteiger partial charge in [-0.05, 0) is 39.7 Å². The molecule has 64 valence electrons. The van der Waals surface area contributed by atoms with Crippen LogP contribution in [0.4, 0.5) is 0 Å². The molecule has 11 heavy (non-hydrogen) atoms. The van der Waals surface area contributed by atoms with Crippen LogP contribution in [0.25, 0.3) is 0 Å². The summed E-state index contributed by atoms with van der Waals surface area (Å²) in [6, 6.07) is 0. The maximum Gasteiger partial charge on any atom is -0.0348 e. The minimum atomic E-state index is 1.20. The normalized spacial score (nSPS) is 11.5. The lowest BCUT2D eigenvalue weighted by Crippen LogP contribution is -1.82. The third-order valence-electron chi connectivity index (χ3n) is 2.08. The molecule has 0 aromatic heterocycles. The van der Waals surface area contributed by atoms with E-state index in [1.165, 1.54) is 29.6 Å². The van der Waals surface area contributed by atoms with Crippen molar-refractivity contribution in [2.75, 3.05) is 0 Å². The minimum Gasteiger partial charge on any atom is -0.0813 e. The third-order valence-corrected chi connectivity index (χ3v) is 2.08. The van der Waals surface area contributed by atoms with E-state index in [9.17, 15) is 0 Å². The fourth-order valence-electron chi connectivity index (χ4n) is 0.908. The minimum absolute atomic E-state index is 1.20. The Bertz CT molecular complexity index is 166. The van der Waals surface area contributed by atoms with Gasteiger partial charge in [0.25, 0.3) is 0 Å². The molecule has 0 rings (SSSR count). The predicted molar refractivity (Wildman–Crippen MR) is 52.7 cm³/mol. The number of allylic oxidation sites excluding steroid dienone is 4. The molecule has 0 radical (unpaired) electrons. The fraction of sp³-hybridized carbons (Fsp3) is 0.636. The molecular formula is C11H20. The van der Waals surface area contributed by atoms with E-state index < -0.39 is 0 Å². The summed E-state index contributed by atoms with van der Waals surface area (Å²) in [5.74, 6) is 0. The van der Waals surface area contributed by atoms with Crippen molar-refractivity contribution < 1.29 is 0 Å². The van der Waals surface area contributed by atoms with E-state index in [0.717, 1.165) is 0 Å². The van der Waals surface area contributed by atoms with Crippen molar-refractivity contribution in [2.45, 2.75) is 47.5 Å². The van der Waals surface area contributed by atoms with E-state index in [0.29, 0.717) is 0 Å². The Morgan fingerprint density at radius 1 is 1.09 bits per heavy atom. The van der Waals surface area contributed by atoms with Gasteiger partial charge in [0.05, 0.1) is 0 Å². The van der Waals surface area contributed by atoms with Crippen molar-refractivity contribution in [1.29, 1.82) is 0 Å². The van der Waals surface area contributed by atoms with E-state index in [4.69, 9.17) is 0 Å². The molecule has 0 aliphatic rings. The highest BCUT2D eigenvalue weighted by molar-refractivity contribution is 5.30. The first-order valence-corrected chi connectivity index (χ1v) is 4.40. The van der Waals surface area contributed by atoms with Gasteiger partial charge in [-0.1, -0.05) is 30.6 Å². The van der Waals surface area contributed by atoms with E-state index in [2.05, 4.69) is 40.7 Å². The average molecular weight is 152 g/mol. The zero-order valence-electron chi connectivity index (χ0n) is 8.49. The Kier molecular flexibility index (Phi) is 4.93. The molecule has 0 aliphatic carbocycles. The molecule has 0 atom stereocenters. The van der Waals surface area contributed by atoms with Crippen LogP contribution in [0.5, 0.6) is 0 Å². The van der Waals surface area contributed by atoms with Gasteiger partial charge in [0.1, 0.15) is 0 Å². The maximum atomic E-state index is 2.32. The van der Waals surface area contributed by atoms with Crippen LogP contribution in [-0.2, 0) is 0 Å². The second-order valence-corrected chi connectivity index (χ2v) is 3.30. The number of rotatable bonds is 3. The van der Waals surface area contributed by atoms with Crippen molar-refractivity contribution in [1.82, 2.24) is 0 Å². The van der Waals surface area contributed by atoms with Crippen LogP contribution in [0.3, 0.4) is 0 Å². The van der Waals surface area contributed by atoms with Crippen LogP contribution in [0.15, 0.2) is 22.8 Å². The monoisotopic (exact) mass is 152 g/mol. The SMILES string of the molecule is CCCC=C(C)C(C)=C(C)C. The predicted octanol–water partition coefficient (Wildman–Crippen LogP) is 4.09. The molecule has 0 fully saturated rings. The molecule has 0 aromatic carbocycles. The molecular weight excluding hydrogens is 132 g/mol. The average Bonchev–Trinajstić information content (AvgIpc) is 1.98. The van der Waals surface area contributed by atoms with Crippen molar-refractivity contribution in [3.63, 3.8) is 0 Å². The van der Waals surface area contributed by atoms with E-state index in [1.807, 2.05) is 0 Å². The quantitative estimate of drug-likeness (QED) is 0.534. The van der Waals surface area contributed by atoms with Gasteiger partial charge in [-0.2, -0.15) is 0 Å². The van der Waals surface area contributed by atoms with Gasteiger partial charge in [0, 0.05) is 0 Å². The number of unbranched alkanes of at least 4 members (excludes halogenated alkanes) is 1. The molecule has 0 aliphatic heterocycles. The fourth-order valence-corrected chi connectivity index (χ4v) is 0.908. The van der Waals surface area contributed by atoms with Crippen molar-refractivity contribution in [2.24, 2.45) is 0 Å². The smallest absolute Gasteiger partial charge is 0.0348 e. The lowest BCUT2D eigenvalue weighted by atomic mass is 10.0. The highest BCUT2D eigenvalue weighted by atomic mass is 14.0. The van der Waals surface area contributed by atoms with Gasteiger partial charge in [-0.25, -0.2) is 0 Å². The highest BCUT2D eigenvalue weighted by Gasteiger charge is 1.93. The third kappa shape index (κ3) is 4.02. The summed E-state index contributed by atoms with van der Waals surface area (Å²) in [4.78, 5) is 0. The lowest BCUT2D eigenvalue weighted by molar-refractivity contribution is 0.948. The molecule has 0 heterocycles. The topological polar surface area (TPSA) is 0 Å². The second kappa shape index (κ2) is 5.17. The standard InChI is InChI=1S/C11H20/c1-6-7-8-10(4)11(5)9(2)3/h8H,6-7H2,1-5H3. The molecule has 0 spiro atoms. The maximum absolute atomic E-state index is 2.32. The van der Waals surface area contributed by atoms with Crippen LogP contribution >= 0.6 is 0 Å². The van der Waals surface area contributed by atoms with E-state index >= 15 is 0 Å². The highest BCUT2D eigenvalue weighted by Crippen LogP contribution is 2.13. The van der Waals surface area contributed by atoms with Crippen LogP contribution in [-0.4, -0.2) is 0 Å². The Hall–Kier alpha value is -0.520. The lowest BCUT2D eigenvalue weighted by Gasteiger charge is -2.03. The summed E-state index contributed by atoms with van der Waals surface area (Å²) >= 11 is 0. The van der Waals surface area contributed by atoms with Gasteiger partial charge in [-0.3, -0.25) is 0 Å². The Labute approximate surface area is 71.0 Å². The Balaban J connectivity index is 4.24. The van der Waals surface area contributed by atoms with Gasteiger partial charge >= 0.3 is 0 Å². The van der Waals surface area contributed by atoms with Gasteiger partial charge in [0.2, 0.25) is 0 Å². The summed E-state index contributed by atoms with van der Waals surface area (Å²) in [7, 11) is 0. The summed E-state index contributed by atoms with van der Waals surface area (Å²) in [6.07, 6.45) is 4.77. The summed E-state index contributed by atoms with van der Waals surface area (Å²) in [6.45, 7) is 10.9. The molecule has 0 amide bonds. The van der Waals surface area contributed by atoms with Crippen LogP contribution in [0, 0.1) is 0 Å². The van der Waals surface area contributed by atoms with Gasteiger partial charge in [0.15, 0.2) is 0 Å². The zero-order chi connectivity index (χ0) is 8.85. The summed E-state index contributed by atoms with van der Waals surface area (Å²) in [5, 5.41) is 0. The summed E-state index contributed by atoms with van der Waals surface area (Å²) < 4.78 is 0. The van der Waals surface area contributed by atoms with Crippen molar-refractivity contribution in [3.8, 4) is 0 Å². The zero-order valence-corrected chi connectivity index (χ0v) is 8.49. The second-order valence-electron chi connectivity index (χ2n) is 3.30. The largest absolute Gasteiger partial charge is 0.0813 e.